The van der Waals surface area contributed by atoms with E-state index in [-0.39, 0.29) is 11.9 Å². The Bertz CT molecular complexity index is 742. The van der Waals surface area contributed by atoms with Gasteiger partial charge in [0, 0.05) is 30.5 Å². The highest BCUT2D eigenvalue weighted by Crippen LogP contribution is 2.38. The summed E-state index contributed by atoms with van der Waals surface area (Å²) in [6.07, 6.45) is 0.356. The molecule has 0 spiro atoms. The summed E-state index contributed by atoms with van der Waals surface area (Å²) in [5.74, 6) is 0.739. The SMILES string of the molecule is COCCc1nc(-c2ccc3c(c2)N(C(C)C)C(=O)C(C)O3)cs1. The van der Waals surface area contributed by atoms with E-state index in [0.717, 1.165) is 34.1 Å². The summed E-state index contributed by atoms with van der Waals surface area (Å²) < 4.78 is 10.9. The van der Waals surface area contributed by atoms with Gasteiger partial charge in [0.05, 0.1) is 23.0 Å². The number of carbonyl (C=O) groups excluding carboxylic acids is 1. The Balaban J connectivity index is 1.95. The third-order valence-electron chi connectivity index (χ3n) is 3.99. The van der Waals surface area contributed by atoms with Crippen LogP contribution in [0, 0.1) is 0 Å². The van der Waals surface area contributed by atoms with Crippen molar-refractivity contribution in [2.75, 3.05) is 18.6 Å². The second-order valence-electron chi connectivity index (χ2n) is 6.11. The Morgan fingerprint density at radius 3 is 2.92 bits per heavy atom. The van der Waals surface area contributed by atoms with Gasteiger partial charge in [-0.15, -0.1) is 11.3 Å². The zero-order valence-electron chi connectivity index (χ0n) is 14.4. The zero-order chi connectivity index (χ0) is 17.3. The average Bonchev–Trinajstić information content (AvgIpc) is 3.02. The van der Waals surface area contributed by atoms with Gasteiger partial charge < -0.3 is 14.4 Å². The number of nitrogens with zero attached hydrogens (tertiary/aromatic N) is 2. The number of amides is 1. The minimum atomic E-state index is -0.453. The van der Waals surface area contributed by atoms with Crippen molar-refractivity contribution in [2.45, 2.75) is 39.3 Å². The van der Waals surface area contributed by atoms with Crippen molar-refractivity contribution in [3.63, 3.8) is 0 Å². The third-order valence-corrected chi connectivity index (χ3v) is 4.90. The molecule has 0 aliphatic carbocycles. The molecule has 2 aromatic rings. The van der Waals surface area contributed by atoms with Crippen molar-refractivity contribution in [3.8, 4) is 17.0 Å². The monoisotopic (exact) mass is 346 g/mol. The number of aromatic nitrogens is 1. The summed E-state index contributed by atoms with van der Waals surface area (Å²) in [7, 11) is 1.69. The van der Waals surface area contributed by atoms with Crippen LogP contribution in [0.1, 0.15) is 25.8 Å². The standard InChI is InChI=1S/C18H22N2O3S/c1-11(2)20-15-9-13(5-6-16(15)23-12(3)18(20)21)14-10-24-17(19-14)7-8-22-4/h5-6,9-12H,7-8H2,1-4H3. The normalized spacial score (nSPS) is 17.1. The van der Waals surface area contributed by atoms with Gasteiger partial charge in [0.1, 0.15) is 5.75 Å². The number of methoxy groups -OCH3 is 1. The molecule has 1 aliphatic heterocycles. The summed E-state index contributed by atoms with van der Waals surface area (Å²) in [5.41, 5.74) is 2.73. The van der Waals surface area contributed by atoms with Crippen molar-refractivity contribution in [3.05, 3.63) is 28.6 Å². The lowest BCUT2D eigenvalue weighted by atomic mass is 10.1. The van der Waals surface area contributed by atoms with E-state index in [9.17, 15) is 4.79 Å². The first-order chi connectivity index (χ1) is 11.5. The first kappa shape index (κ1) is 16.9. The van der Waals surface area contributed by atoms with Gasteiger partial charge in [0.2, 0.25) is 0 Å². The summed E-state index contributed by atoms with van der Waals surface area (Å²) in [6.45, 7) is 6.48. The maximum Gasteiger partial charge on any atom is 0.268 e. The fraction of sp³-hybridized carbons (Fsp3) is 0.444. The number of hydrogen-bond donors (Lipinski definition) is 0. The molecule has 1 aromatic carbocycles. The van der Waals surface area contributed by atoms with Crippen LogP contribution in [0.3, 0.4) is 0 Å². The van der Waals surface area contributed by atoms with Crippen molar-refractivity contribution in [2.24, 2.45) is 0 Å². The van der Waals surface area contributed by atoms with Crippen LogP contribution >= 0.6 is 11.3 Å². The Kier molecular flexibility index (Phi) is 4.87. The molecule has 0 fully saturated rings. The molecule has 1 aromatic heterocycles. The van der Waals surface area contributed by atoms with Gasteiger partial charge in [-0.25, -0.2) is 4.98 Å². The van der Waals surface area contributed by atoms with Gasteiger partial charge >= 0.3 is 0 Å². The topological polar surface area (TPSA) is 51.7 Å². The maximum atomic E-state index is 12.5. The van der Waals surface area contributed by atoms with Crippen molar-refractivity contribution >= 4 is 22.9 Å². The average molecular weight is 346 g/mol. The summed E-state index contributed by atoms with van der Waals surface area (Å²) in [5, 5.41) is 3.09. The van der Waals surface area contributed by atoms with E-state index in [2.05, 4.69) is 4.98 Å². The molecule has 2 heterocycles. The lowest BCUT2D eigenvalue weighted by Gasteiger charge is -2.35. The first-order valence-corrected chi connectivity index (χ1v) is 8.96. The molecule has 0 bridgehead atoms. The second kappa shape index (κ2) is 6.91. The minimum Gasteiger partial charge on any atom is -0.479 e. The highest BCUT2D eigenvalue weighted by molar-refractivity contribution is 7.09. The van der Waals surface area contributed by atoms with Gasteiger partial charge in [-0.3, -0.25) is 4.79 Å². The fourth-order valence-corrected chi connectivity index (χ4v) is 3.59. The molecule has 1 amide bonds. The molecule has 0 saturated heterocycles. The third kappa shape index (κ3) is 3.16. The molecule has 1 aliphatic rings. The van der Waals surface area contributed by atoms with Crippen molar-refractivity contribution < 1.29 is 14.3 Å². The van der Waals surface area contributed by atoms with Crippen LogP contribution in [0.25, 0.3) is 11.3 Å². The Morgan fingerprint density at radius 1 is 1.42 bits per heavy atom. The molecule has 0 radical (unpaired) electrons. The molecular formula is C18H22N2O3S. The van der Waals surface area contributed by atoms with E-state index in [0.29, 0.717) is 6.61 Å². The van der Waals surface area contributed by atoms with E-state index in [4.69, 9.17) is 9.47 Å². The molecule has 1 unspecified atom stereocenters. The lowest BCUT2D eigenvalue weighted by Crippen LogP contribution is -2.47. The zero-order valence-corrected chi connectivity index (χ0v) is 15.2. The Hall–Kier alpha value is -1.92. The van der Waals surface area contributed by atoms with E-state index in [1.807, 2.05) is 42.3 Å². The molecule has 6 heteroatoms. The van der Waals surface area contributed by atoms with Gasteiger partial charge in [-0.05, 0) is 39.0 Å². The van der Waals surface area contributed by atoms with Crippen LogP contribution in [-0.4, -0.2) is 36.8 Å². The second-order valence-corrected chi connectivity index (χ2v) is 7.06. The van der Waals surface area contributed by atoms with E-state index in [1.165, 1.54) is 0 Å². The minimum absolute atomic E-state index is 0.00582. The fourth-order valence-electron chi connectivity index (χ4n) is 2.80. The van der Waals surface area contributed by atoms with Crippen LogP contribution in [0.4, 0.5) is 5.69 Å². The quantitative estimate of drug-likeness (QED) is 0.831. The summed E-state index contributed by atoms with van der Waals surface area (Å²) >= 11 is 1.63. The molecular weight excluding hydrogens is 324 g/mol. The van der Waals surface area contributed by atoms with Crippen LogP contribution < -0.4 is 9.64 Å². The number of rotatable bonds is 5. The number of fused-ring (bicyclic) bond motifs is 1. The highest BCUT2D eigenvalue weighted by atomic mass is 32.1. The first-order valence-electron chi connectivity index (χ1n) is 8.08. The number of anilines is 1. The molecule has 3 rings (SSSR count). The lowest BCUT2D eigenvalue weighted by molar-refractivity contribution is -0.125. The van der Waals surface area contributed by atoms with Gasteiger partial charge in [0.15, 0.2) is 6.10 Å². The largest absolute Gasteiger partial charge is 0.479 e. The molecule has 0 N–H and O–H groups in total. The smallest absolute Gasteiger partial charge is 0.268 e. The van der Waals surface area contributed by atoms with Crippen LogP contribution in [0.2, 0.25) is 0 Å². The number of thiazole rings is 1. The molecule has 128 valence electrons. The molecule has 0 saturated carbocycles. The van der Waals surface area contributed by atoms with E-state index in [1.54, 1.807) is 25.4 Å². The van der Waals surface area contributed by atoms with Gasteiger partial charge in [-0.1, -0.05) is 0 Å². The molecule has 1 atom stereocenters. The number of carbonyl (C=O) groups is 1. The molecule has 5 nitrogen and oxygen atoms in total. The van der Waals surface area contributed by atoms with Crippen molar-refractivity contribution in [1.29, 1.82) is 0 Å². The van der Waals surface area contributed by atoms with Crippen LogP contribution in [0.15, 0.2) is 23.6 Å². The van der Waals surface area contributed by atoms with Gasteiger partial charge in [-0.2, -0.15) is 0 Å². The number of ether oxygens (including phenoxy) is 2. The van der Waals surface area contributed by atoms with Crippen LogP contribution in [-0.2, 0) is 16.0 Å². The molecule has 24 heavy (non-hydrogen) atoms. The Labute approximate surface area is 146 Å². The summed E-state index contributed by atoms with van der Waals surface area (Å²) in [6, 6.07) is 5.99. The summed E-state index contributed by atoms with van der Waals surface area (Å²) in [4.78, 5) is 18.9. The van der Waals surface area contributed by atoms with Crippen LogP contribution in [0.5, 0.6) is 5.75 Å². The van der Waals surface area contributed by atoms with Crippen molar-refractivity contribution in [1.82, 2.24) is 4.98 Å². The Morgan fingerprint density at radius 2 is 2.21 bits per heavy atom. The van der Waals surface area contributed by atoms with E-state index < -0.39 is 6.10 Å². The predicted molar refractivity (Wildman–Crippen MR) is 95.8 cm³/mol. The maximum absolute atomic E-state index is 12.5. The predicted octanol–water partition coefficient (Wildman–Crippen LogP) is 3.52. The van der Waals surface area contributed by atoms with E-state index >= 15 is 0 Å². The number of benzene rings is 1. The van der Waals surface area contributed by atoms with Gasteiger partial charge in [0.25, 0.3) is 5.91 Å². The highest BCUT2D eigenvalue weighted by Gasteiger charge is 2.33. The number of hydrogen-bond acceptors (Lipinski definition) is 5.